The zero-order chi connectivity index (χ0) is 15.5. The van der Waals surface area contributed by atoms with Gasteiger partial charge in [0, 0.05) is 24.2 Å². The average Bonchev–Trinajstić information content (AvgIpc) is 2.44. The molecule has 0 amide bonds. The maximum absolute atomic E-state index is 9.53. The van der Waals surface area contributed by atoms with Gasteiger partial charge in [0.05, 0.1) is 24.4 Å². The van der Waals surface area contributed by atoms with Crippen LogP contribution in [0.15, 0.2) is 0 Å². The number of nitrogens with zero attached hydrogens (tertiary/aromatic N) is 2. The Morgan fingerprint density at radius 2 is 2.19 bits per heavy atom. The monoisotopic (exact) mass is 289 g/mol. The van der Waals surface area contributed by atoms with Gasteiger partial charge in [-0.25, -0.2) is 4.98 Å². The summed E-state index contributed by atoms with van der Waals surface area (Å²) < 4.78 is 5.89. The van der Waals surface area contributed by atoms with E-state index in [1.54, 1.807) is 0 Å². The van der Waals surface area contributed by atoms with Crippen molar-refractivity contribution in [2.75, 3.05) is 18.5 Å². The Morgan fingerprint density at radius 1 is 1.43 bits per heavy atom. The van der Waals surface area contributed by atoms with Crippen molar-refractivity contribution in [3.8, 4) is 6.07 Å². The number of aryl methyl sites for hydroxylation is 1. The Kier molecular flexibility index (Phi) is 4.81. The molecule has 114 valence electrons. The summed E-state index contributed by atoms with van der Waals surface area (Å²) in [5, 5.41) is 21.6. The molecule has 0 bridgehead atoms. The summed E-state index contributed by atoms with van der Waals surface area (Å²) in [4.78, 5) is 4.61. The summed E-state index contributed by atoms with van der Waals surface area (Å²) in [6, 6.07) is 2.28. The molecule has 5 nitrogen and oxygen atoms in total. The normalized spacial score (nSPS) is 16.1. The lowest BCUT2D eigenvalue weighted by atomic mass is 9.87. The van der Waals surface area contributed by atoms with E-state index in [9.17, 15) is 5.26 Å². The van der Waals surface area contributed by atoms with Gasteiger partial charge in [0.2, 0.25) is 0 Å². The highest BCUT2D eigenvalue weighted by Gasteiger charge is 2.31. The number of hydrogen-bond acceptors (Lipinski definition) is 5. The third-order valence-electron chi connectivity index (χ3n) is 3.71. The van der Waals surface area contributed by atoms with Crippen molar-refractivity contribution in [3.05, 3.63) is 22.4 Å². The molecule has 5 heteroatoms. The fraction of sp³-hybridized carbons (Fsp3) is 0.625. The quantitative estimate of drug-likeness (QED) is 0.868. The molecule has 0 unspecified atom stereocenters. The molecule has 2 heterocycles. The Bertz CT molecular complexity index is 562. The molecule has 0 aliphatic carbocycles. The minimum atomic E-state index is -0.266. The van der Waals surface area contributed by atoms with Gasteiger partial charge in [-0.15, -0.1) is 0 Å². The van der Waals surface area contributed by atoms with Crippen molar-refractivity contribution < 1.29 is 9.84 Å². The van der Waals surface area contributed by atoms with E-state index in [1.807, 2.05) is 13.8 Å². The van der Waals surface area contributed by atoms with Crippen LogP contribution in [0.2, 0.25) is 0 Å². The number of ether oxygens (including phenoxy) is 1. The molecule has 1 aromatic heterocycles. The van der Waals surface area contributed by atoms with Crippen LogP contribution in [0.5, 0.6) is 0 Å². The molecule has 1 aliphatic rings. The molecular weight excluding hydrogens is 266 g/mol. The second kappa shape index (κ2) is 6.42. The van der Waals surface area contributed by atoms with Gasteiger partial charge in [-0.3, -0.25) is 0 Å². The number of aromatic nitrogens is 1. The molecule has 1 aliphatic heterocycles. The maximum atomic E-state index is 9.53. The first kappa shape index (κ1) is 15.7. The van der Waals surface area contributed by atoms with Crippen LogP contribution >= 0.6 is 0 Å². The SMILES string of the molecule is CCCc1nc(NCCO)c(C#N)c2c1COC(C)(C)C2. The number of nitriles is 1. The van der Waals surface area contributed by atoms with Gasteiger partial charge in [-0.2, -0.15) is 5.26 Å². The molecule has 0 atom stereocenters. The van der Waals surface area contributed by atoms with Crippen LogP contribution in [-0.2, 0) is 24.2 Å². The summed E-state index contributed by atoms with van der Waals surface area (Å²) in [7, 11) is 0. The Morgan fingerprint density at radius 3 is 2.81 bits per heavy atom. The van der Waals surface area contributed by atoms with Crippen LogP contribution in [0.25, 0.3) is 0 Å². The number of nitrogens with one attached hydrogen (secondary N) is 1. The molecule has 1 aromatic rings. The molecule has 0 radical (unpaired) electrons. The molecule has 0 saturated heterocycles. The second-order valence-corrected chi connectivity index (χ2v) is 5.98. The summed E-state index contributed by atoms with van der Waals surface area (Å²) >= 11 is 0. The first-order valence-corrected chi connectivity index (χ1v) is 7.45. The first-order valence-electron chi connectivity index (χ1n) is 7.45. The number of hydrogen-bond donors (Lipinski definition) is 2. The van der Waals surface area contributed by atoms with E-state index in [0.29, 0.717) is 31.0 Å². The number of fused-ring (bicyclic) bond motifs is 1. The minimum absolute atomic E-state index is 0.0152. The lowest BCUT2D eigenvalue weighted by molar-refractivity contribution is -0.0407. The maximum Gasteiger partial charge on any atom is 0.144 e. The lowest BCUT2D eigenvalue weighted by Gasteiger charge is -2.33. The number of aliphatic hydroxyl groups excluding tert-OH is 1. The van der Waals surface area contributed by atoms with E-state index in [4.69, 9.17) is 9.84 Å². The van der Waals surface area contributed by atoms with Crippen LogP contribution in [-0.4, -0.2) is 28.8 Å². The van der Waals surface area contributed by atoms with E-state index in [-0.39, 0.29) is 12.2 Å². The van der Waals surface area contributed by atoms with E-state index in [1.165, 1.54) is 0 Å². The topological polar surface area (TPSA) is 78.2 Å². The van der Waals surface area contributed by atoms with Crippen molar-refractivity contribution in [1.29, 1.82) is 5.26 Å². The first-order chi connectivity index (χ1) is 10.0. The van der Waals surface area contributed by atoms with Crippen LogP contribution < -0.4 is 5.32 Å². The van der Waals surface area contributed by atoms with Crippen molar-refractivity contribution in [3.63, 3.8) is 0 Å². The zero-order valence-corrected chi connectivity index (χ0v) is 13.0. The predicted molar refractivity (Wildman–Crippen MR) is 81.1 cm³/mol. The fourth-order valence-electron chi connectivity index (χ4n) is 2.70. The molecule has 0 spiro atoms. The predicted octanol–water partition coefficient (Wildman–Crippen LogP) is 2.16. The van der Waals surface area contributed by atoms with Crippen LogP contribution in [0, 0.1) is 11.3 Å². The highest BCUT2D eigenvalue weighted by atomic mass is 16.5. The number of pyridine rings is 1. The van der Waals surface area contributed by atoms with Crippen LogP contribution in [0.1, 0.15) is 49.6 Å². The van der Waals surface area contributed by atoms with E-state index in [2.05, 4.69) is 23.3 Å². The number of rotatable bonds is 5. The van der Waals surface area contributed by atoms with E-state index in [0.717, 1.165) is 29.7 Å². The van der Waals surface area contributed by atoms with Gasteiger partial charge >= 0.3 is 0 Å². The van der Waals surface area contributed by atoms with Crippen molar-refractivity contribution in [1.82, 2.24) is 4.98 Å². The third-order valence-corrected chi connectivity index (χ3v) is 3.71. The molecule has 2 rings (SSSR count). The molecule has 2 N–H and O–H groups in total. The third kappa shape index (κ3) is 3.34. The summed E-state index contributed by atoms with van der Waals surface area (Å²) in [5.74, 6) is 0.589. The van der Waals surface area contributed by atoms with Crippen molar-refractivity contribution in [2.45, 2.75) is 52.2 Å². The minimum Gasteiger partial charge on any atom is -0.395 e. The fourth-order valence-corrected chi connectivity index (χ4v) is 2.70. The van der Waals surface area contributed by atoms with E-state index >= 15 is 0 Å². The zero-order valence-electron chi connectivity index (χ0n) is 13.0. The van der Waals surface area contributed by atoms with Crippen molar-refractivity contribution >= 4 is 5.82 Å². The average molecular weight is 289 g/mol. The van der Waals surface area contributed by atoms with Crippen LogP contribution in [0.4, 0.5) is 5.82 Å². The van der Waals surface area contributed by atoms with Gasteiger partial charge in [-0.1, -0.05) is 13.3 Å². The standard InChI is InChI=1S/C16H23N3O2/c1-4-5-14-13-10-21-16(2,3)8-11(13)12(9-17)15(19-14)18-6-7-20/h20H,4-8,10H2,1-3H3,(H,18,19). The largest absolute Gasteiger partial charge is 0.395 e. The van der Waals surface area contributed by atoms with Gasteiger partial charge in [-0.05, 0) is 25.8 Å². The Labute approximate surface area is 126 Å². The van der Waals surface area contributed by atoms with Gasteiger partial charge < -0.3 is 15.2 Å². The molecule has 0 aromatic carbocycles. The second-order valence-electron chi connectivity index (χ2n) is 5.98. The molecule has 0 fully saturated rings. The highest BCUT2D eigenvalue weighted by molar-refractivity contribution is 5.60. The number of aliphatic hydroxyl groups is 1. The van der Waals surface area contributed by atoms with Gasteiger partial charge in [0.1, 0.15) is 11.9 Å². The smallest absolute Gasteiger partial charge is 0.144 e. The van der Waals surface area contributed by atoms with Gasteiger partial charge in [0.15, 0.2) is 0 Å². The van der Waals surface area contributed by atoms with E-state index < -0.39 is 0 Å². The summed E-state index contributed by atoms with van der Waals surface area (Å²) in [6.45, 7) is 7.11. The summed E-state index contributed by atoms with van der Waals surface area (Å²) in [5.41, 5.74) is 3.45. The number of anilines is 1. The lowest BCUT2D eigenvalue weighted by Crippen LogP contribution is -2.33. The van der Waals surface area contributed by atoms with Crippen LogP contribution in [0.3, 0.4) is 0 Å². The Balaban J connectivity index is 2.54. The Hall–Kier alpha value is -1.64. The highest BCUT2D eigenvalue weighted by Crippen LogP contribution is 2.34. The van der Waals surface area contributed by atoms with Gasteiger partial charge in [0.25, 0.3) is 0 Å². The van der Waals surface area contributed by atoms with Crippen molar-refractivity contribution in [2.24, 2.45) is 0 Å². The molecular formula is C16H23N3O2. The molecule has 0 saturated carbocycles. The summed E-state index contributed by atoms with van der Waals surface area (Å²) in [6.07, 6.45) is 2.57. The molecule has 21 heavy (non-hydrogen) atoms.